The number of hydrogen-bond donors (Lipinski definition) is 2. The summed E-state index contributed by atoms with van der Waals surface area (Å²) < 4.78 is 41.8. The minimum absolute atomic E-state index is 0.0308. The van der Waals surface area contributed by atoms with E-state index in [1.54, 1.807) is 29.2 Å². The lowest BCUT2D eigenvalue weighted by molar-refractivity contribution is -0.274. The Balaban J connectivity index is 1.64. The molecule has 2 heterocycles. The fourth-order valence-electron chi connectivity index (χ4n) is 2.36. The largest absolute Gasteiger partial charge is 0.573 e. The minimum Gasteiger partial charge on any atom is -0.406 e. The van der Waals surface area contributed by atoms with Gasteiger partial charge in [0.25, 0.3) is 5.91 Å². The van der Waals surface area contributed by atoms with E-state index in [1.165, 1.54) is 18.3 Å². The number of nitrogens with zero attached hydrogens (tertiary/aromatic N) is 3. The summed E-state index contributed by atoms with van der Waals surface area (Å²) in [4.78, 5) is 16.5. The number of carbonyl (C=O) groups excluding carboxylic acids is 1. The van der Waals surface area contributed by atoms with Crippen molar-refractivity contribution in [2.45, 2.75) is 12.9 Å². The van der Waals surface area contributed by atoms with Crippen LogP contribution in [-0.2, 0) is 6.54 Å². The van der Waals surface area contributed by atoms with Gasteiger partial charge in [-0.15, -0.1) is 13.2 Å². The standard InChI is InChI=1S/C18H15F3N4O3/c19-18(20,21)28-15-4-2-14(3-5-15)24-17(27)12-1-6-16(22-9-12)13-10-23-25(11-13)7-8-26/h1-6,9-11,26H,7-8H2,(H,24,27). The highest BCUT2D eigenvalue weighted by molar-refractivity contribution is 6.04. The first-order chi connectivity index (χ1) is 13.3. The highest BCUT2D eigenvalue weighted by Crippen LogP contribution is 2.24. The summed E-state index contributed by atoms with van der Waals surface area (Å²) in [6.07, 6.45) is -0.0624. The topological polar surface area (TPSA) is 89.3 Å². The predicted molar refractivity (Wildman–Crippen MR) is 93.6 cm³/mol. The number of aliphatic hydroxyl groups is 1. The van der Waals surface area contributed by atoms with Gasteiger partial charge in [0.05, 0.1) is 30.6 Å². The molecule has 0 bridgehead atoms. The number of benzene rings is 1. The SMILES string of the molecule is O=C(Nc1ccc(OC(F)(F)F)cc1)c1ccc(-c2cnn(CCO)c2)nc1. The summed E-state index contributed by atoms with van der Waals surface area (Å²) in [6.45, 7) is 0.338. The van der Waals surface area contributed by atoms with E-state index < -0.39 is 12.3 Å². The van der Waals surface area contributed by atoms with Gasteiger partial charge in [0.2, 0.25) is 0 Å². The van der Waals surface area contributed by atoms with Gasteiger partial charge in [0.1, 0.15) is 5.75 Å². The number of ether oxygens (including phenoxy) is 1. The molecule has 0 aliphatic rings. The van der Waals surface area contributed by atoms with Crippen molar-refractivity contribution in [1.82, 2.24) is 14.8 Å². The molecule has 0 saturated carbocycles. The van der Waals surface area contributed by atoms with Crippen molar-refractivity contribution < 1.29 is 27.8 Å². The van der Waals surface area contributed by atoms with Crippen LogP contribution in [0.15, 0.2) is 55.0 Å². The predicted octanol–water partition coefficient (Wildman–Crippen LogP) is 3.09. The molecule has 1 amide bonds. The van der Waals surface area contributed by atoms with Crippen LogP contribution in [0.3, 0.4) is 0 Å². The van der Waals surface area contributed by atoms with Gasteiger partial charge >= 0.3 is 6.36 Å². The van der Waals surface area contributed by atoms with Crippen LogP contribution in [0.2, 0.25) is 0 Å². The van der Waals surface area contributed by atoms with Gasteiger partial charge in [-0.05, 0) is 36.4 Å². The van der Waals surface area contributed by atoms with Gasteiger partial charge in [0.15, 0.2) is 0 Å². The number of carbonyl (C=O) groups is 1. The molecular weight excluding hydrogens is 377 g/mol. The summed E-state index contributed by atoms with van der Waals surface area (Å²) in [5.74, 6) is -0.835. The van der Waals surface area contributed by atoms with E-state index in [9.17, 15) is 18.0 Å². The second kappa shape index (κ2) is 8.09. The maximum atomic E-state index is 12.3. The molecule has 0 atom stereocenters. The third-order valence-electron chi connectivity index (χ3n) is 3.63. The van der Waals surface area contributed by atoms with Crippen LogP contribution in [0.5, 0.6) is 5.75 Å². The van der Waals surface area contributed by atoms with Crippen LogP contribution in [-0.4, -0.2) is 38.7 Å². The zero-order valence-electron chi connectivity index (χ0n) is 14.3. The Bertz CT molecular complexity index is 938. The normalized spacial score (nSPS) is 11.3. The summed E-state index contributed by atoms with van der Waals surface area (Å²) in [6, 6.07) is 8.04. The first kappa shape index (κ1) is 19.4. The lowest BCUT2D eigenvalue weighted by Gasteiger charge is -2.10. The number of hydrogen-bond acceptors (Lipinski definition) is 5. The number of alkyl halides is 3. The average molecular weight is 392 g/mol. The molecule has 28 heavy (non-hydrogen) atoms. The van der Waals surface area contributed by atoms with E-state index in [0.717, 1.165) is 17.7 Å². The number of rotatable bonds is 6. The number of aromatic nitrogens is 3. The van der Waals surface area contributed by atoms with Gasteiger partial charge in [0, 0.05) is 23.6 Å². The molecule has 0 unspecified atom stereocenters. The lowest BCUT2D eigenvalue weighted by atomic mass is 10.2. The Hall–Kier alpha value is -3.40. The van der Waals surface area contributed by atoms with Crippen LogP contribution >= 0.6 is 0 Å². The Morgan fingerprint density at radius 3 is 2.50 bits per heavy atom. The molecule has 0 spiro atoms. The van der Waals surface area contributed by atoms with Crippen molar-refractivity contribution in [2.24, 2.45) is 0 Å². The molecule has 0 radical (unpaired) electrons. The Morgan fingerprint density at radius 1 is 1.14 bits per heavy atom. The molecule has 0 fully saturated rings. The maximum absolute atomic E-state index is 12.3. The summed E-state index contributed by atoms with van der Waals surface area (Å²) in [5, 5.41) is 15.6. The summed E-state index contributed by atoms with van der Waals surface area (Å²) in [5.41, 5.74) is 1.94. The minimum atomic E-state index is -4.77. The van der Waals surface area contributed by atoms with E-state index in [1.807, 2.05) is 0 Å². The van der Waals surface area contributed by atoms with Crippen molar-refractivity contribution in [1.29, 1.82) is 0 Å². The van der Waals surface area contributed by atoms with Crippen molar-refractivity contribution in [2.75, 3.05) is 11.9 Å². The lowest BCUT2D eigenvalue weighted by Crippen LogP contribution is -2.17. The van der Waals surface area contributed by atoms with E-state index in [2.05, 4.69) is 20.1 Å². The maximum Gasteiger partial charge on any atom is 0.573 e. The zero-order valence-corrected chi connectivity index (χ0v) is 14.3. The number of anilines is 1. The molecule has 0 saturated heterocycles. The summed E-state index contributed by atoms with van der Waals surface area (Å²) in [7, 11) is 0. The van der Waals surface area contributed by atoms with Crippen LogP contribution in [0, 0.1) is 0 Å². The van der Waals surface area contributed by atoms with Crippen LogP contribution in [0.25, 0.3) is 11.3 Å². The smallest absolute Gasteiger partial charge is 0.406 e. The average Bonchev–Trinajstić information content (AvgIpc) is 3.11. The van der Waals surface area contributed by atoms with Crippen molar-refractivity contribution >= 4 is 11.6 Å². The van der Waals surface area contributed by atoms with Crippen LogP contribution < -0.4 is 10.1 Å². The Morgan fingerprint density at radius 2 is 1.89 bits per heavy atom. The third kappa shape index (κ3) is 5.07. The molecule has 0 aliphatic heterocycles. The highest BCUT2D eigenvalue weighted by Gasteiger charge is 2.30. The van der Waals surface area contributed by atoms with Gasteiger partial charge < -0.3 is 15.2 Å². The van der Waals surface area contributed by atoms with Gasteiger partial charge in [-0.1, -0.05) is 0 Å². The fourth-order valence-corrected chi connectivity index (χ4v) is 2.36. The van der Waals surface area contributed by atoms with E-state index in [4.69, 9.17) is 5.11 Å². The van der Waals surface area contributed by atoms with Crippen molar-refractivity contribution in [3.8, 4) is 17.0 Å². The summed E-state index contributed by atoms with van der Waals surface area (Å²) >= 11 is 0. The molecule has 146 valence electrons. The second-order valence-electron chi connectivity index (χ2n) is 5.67. The highest BCUT2D eigenvalue weighted by atomic mass is 19.4. The number of pyridine rings is 1. The van der Waals surface area contributed by atoms with Gasteiger partial charge in [-0.25, -0.2) is 0 Å². The molecule has 1 aromatic carbocycles. The van der Waals surface area contributed by atoms with E-state index >= 15 is 0 Å². The first-order valence-corrected chi connectivity index (χ1v) is 8.11. The molecule has 3 aromatic rings. The second-order valence-corrected chi connectivity index (χ2v) is 5.67. The monoisotopic (exact) mass is 392 g/mol. The van der Waals surface area contributed by atoms with Crippen LogP contribution in [0.4, 0.5) is 18.9 Å². The third-order valence-corrected chi connectivity index (χ3v) is 3.63. The molecule has 2 aromatic heterocycles. The van der Waals surface area contributed by atoms with E-state index in [0.29, 0.717) is 17.9 Å². The molecule has 7 nitrogen and oxygen atoms in total. The molecule has 0 aliphatic carbocycles. The molecular formula is C18H15F3N4O3. The Kier molecular flexibility index (Phi) is 5.59. The van der Waals surface area contributed by atoms with Crippen LogP contribution in [0.1, 0.15) is 10.4 Å². The number of nitrogens with one attached hydrogen (secondary N) is 1. The molecule has 3 rings (SSSR count). The van der Waals surface area contributed by atoms with Gasteiger partial charge in [-0.2, -0.15) is 5.10 Å². The quantitative estimate of drug-likeness (QED) is 0.673. The Labute approximate surface area is 157 Å². The number of amides is 1. The fraction of sp³-hybridized carbons (Fsp3) is 0.167. The van der Waals surface area contributed by atoms with Crippen molar-refractivity contribution in [3.05, 3.63) is 60.6 Å². The van der Waals surface area contributed by atoms with Crippen molar-refractivity contribution in [3.63, 3.8) is 0 Å². The number of aliphatic hydroxyl groups excluding tert-OH is 1. The van der Waals surface area contributed by atoms with Gasteiger partial charge in [-0.3, -0.25) is 14.5 Å². The first-order valence-electron chi connectivity index (χ1n) is 8.11. The molecule has 10 heteroatoms. The molecule has 2 N–H and O–H groups in total. The van der Waals surface area contributed by atoms with E-state index in [-0.39, 0.29) is 17.9 Å². The number of halogens is 3. The zero-order chi connectivity index (χ0) is 20.1.